The zero-order chi connectivity index (χ0) is 20.9. The van der Waals surface area contributed by atoms with E-state index in [0.717, 1.165) is 16.1 Å². The van der Waals surface area contributed by atoms with Crippen LogP contribution in [0.2, 0.25) is 10.0 Å². The van der Waals surface area contributed by atoms with E-state index >= 15 is 0 Å². The monoisotopic (exact) mass is 444 g/mol. The Balaban J connectivity index is 2.34. The third-order valence-electron chi connectivity index (χ3n) is 4.09. The molecule has 28 heavy (non-hydrogen) atoms. The van der Waals surface area contributed by atoms with Gasteiger partial charge in [-0.05, 0) is 42.3 Å². The van der Waals surface area contributed by atoms with Crippen molar-refractivity contribution in [2.45, 2.75) is 25.9 Å². The van der Waals surface area contributed by atoms with Crippen molar-refractivity contribution in [3.05, 3.63) is 58.1 Å². The number of carbonyl (C=O) groups excluding carboxylic acids is 1. The van der Waals surface area contributed by atoms with E-state index in [1.807, 2.05) is 0 Å². The van der Waals surface area contributed by atoms with Gasteiger partial charge in [-0.1, -0.05) is 42.3 Å². The highest BCUT2D eigenvalue weighted by atomic mass is 35.5. The zero-order valence-electron chi connectivity index (χ0n) is 15.8. The van der Waals surface area contributed by atoms with E-state index < -0.39 is 22.0 Å². The number of halogens is 2. The number of rotatable bonds is 8. The number of amides is 1. The summed E-state index contributed by atoms with van der Waals surface area (Å²) in [4.78, 5) is 12.8. The van der Waals surface area contributed by atoms with Crippen LogP contribution in [0.25, 0.3) is 0 Å². The SMILES string of the molecule is CC[C@H](C(=O)NCc1ccc(Cl)cc1)N(c1cc(Cl)ccc1OC)S(C)(=O)=O. The van der Waals surface area contributed by atoms with Gasteiger partial charge in [-0.15, -0.1) is 0 Å². The maximum atomic E-state index is 12.8. The van der Waals surface area contributed by atoms with E-state index in [2.05, 4.69) is 5.32 Å². The number of methoxy groups -OCH3 is 1. The van der Waals surface area contributed by atoms with Gasteiger partial charge in [0, 0.05) is 16.6 Å². The fraction of sp³-hybridized carbons (Fsp3) is 0.316. The van der Waals surface area contributed by atoms with Crippen LogP contribution in [-0.4, -0.2) is 33.7 Å². The van der Waals surface area contributed by atoms with Crippen LogP contribution >= 0.6 is 23.2 Å². The Morgan fingerprint density at radius 3 is 2.29 bits per heavy atom. The van der Waals surface area contributed by atoms with Crippen molar-refractivity contribution >= 4 is 44.8 Å². The number of nitrogens with one attached hydrogen (secondary N) is 1. The minimum absolute atomic E-state index is 0.214. The average molecular weight is 445 g/mol. The number of benzene rings is 2. The van der Waals surface area contributed by atoms with Crippen LogP contribution in [0.1, 0.15) is 18.9 Å². The third kappa shape index (κ3) is 5.53. The molecule has 2 aromatic rings. The molecule has 0 fully saturated rings. The van der Waals surface area contributed by atoms with E-state index in [-0.39, 0.29) is 18.7 Å². The third-order valence-corrected chi connectivity index (χ3v) is 5.74. The smallest absolute Gasteiger partial charge is 0.244 e. The molecular formula is C19H22Cl2N2O4S. The van der Waals surface area contributed by atoms with E-state index in [4.69, 9.17) is 27.9 Å². The highest BCUT2D eigenvalue weighted by Crippen LogP contribution is 2.34. The van der Waals surface area contributed by atoms with Crippen molar-refractivity contribution in [3.8, 4) is 5.75 Å². The van der Waals surface area contributed by atoms with Gasteiger partial charge in [-0.3, -0.25) is 9.10 Å². The summed E-state index contributed by atoms with van der Waals surface area (Å²) in [6.45, 7) is 1.98. The van der Waals surface area contributed by atoms with E-state index in [0.29, 0.717) is 15.8 Å². The quantitative estimate of drug-likeness (QED) is 0.670. The molecule has 0 unspecified atom stereocenters. The van der Waals surface area contributed by atoms with E-state index in [1.54, 1.807) is 43.3 Å². The summed E-state index contributed by atoms with van der Waals surface area (Å²) in [6.07, 6.45) is 1.30. The van der Waals surface area contributed by atoms with Crippen molar-refractivity contribution in [3.63, 3.8) is 0 Å². The predicted molar refractivity (Wildman–Crippen MR) is 113 cm³/mol. The Hall–Kier alpha value is -1.96. The highest BCUT2D eigenvalue weighted by Gasteiger charge is 2.33. The molecule has 0 saturated heterocycles. The van der Waals surface area contributed by atoms with E-state index in [9.17, 15) is 13.2 Å². The molecular weight excluding hydrogens is 423 g/mol. The number of anilines is 1. The molecule has 0 bridgehead atoms. The van der Waals surface area contributed by atoms with Crippen LogP contribution in [0.5, 0.6) is 5.75 Å². The minimum atomic E-state index is -3.80. The largest absolute Gasteiger partial charge is 0.495 e. The fourth-order valence-corrected chi connectivity index (χ4v) is 4.28. The molecule has 1 amide bonds. The van der Waals surface area contributed by atoms with Gasteiger partial charge in [-0.2, -0.15) is 0 Å². The summed E-state index contributed by atoms with van der Waals surface area (Å²) >= 11 is 11.9. The molecule has 2 rings (SSSR count). The second kappa shape index (κ2) is 9.49. The lowest BCUT2D eigenvalue weighted by molar-refractivity contribution is -0.122. The van der Waals surface area contributed by atoms with Gasteiger partial charge in [0.05, 0.1) is 19.1 Å². The predicted octanol–water partition coefficient (Wildman–Crippen LogP) is 3.86. The van der Waals surface area contributed by atoms with Crippen LogP contribution in [0.3, 0.4) is 0 Å². The molecule has 2 aromatic carbocycles. The number of ether oxygens (including phenoxy) is 1. The Kier molecular flexibility index (Phi) is 7.57. The lowest BCUT2D eigenvalue weighted by atomic mass is 10.1. The number of hydrogen-bond donors (Lipinski definition) is 1. The summed E-state index contributed by atoms with van der Waals surface area (Å²) in [6, 6.07) is 10.7. The molecule has 0 aliphatic rings. The Bertz CT molecular complexity index is 933. The molecule has 0 saturated carbocycles. The molecule has 0 aliphatic carbocycles. The fourth-order valence-electron chi connectivity index (χ4n) is 2.78. The molecule has 0 aliphatic heterocycles. The molecule has 9 heteroatoms. The molecule has 1 atom stereocenters. The first kappa shape index (κ1) is 22.3. The van der Waals surface area contributed by atoms with Crippen LogP contribution in [0.15, 0.2) is 42.5 Å². The first-order valence-electron chi connectivity index (χ1n) is 8.52. The number of nitrogens with zero attached hydrogens (tertiary/aromatic N) is 1. The summed E-state index contributed by atoms with van der Waals surface area (Å²) < 4.78 is 31.5. The molecule has 152 valence electrons. The molecule has 6 nitrogen and oxygen atoms in total. The standard InChI is InChI=1S/C19H22Cl2N2O4S/c1-4-16(19(24)22-12-13-5-7-14(20)8-6-13)23(28(3,25)26)17-11-15(21)9-10-18(17)27-2/h5-11,16H,4,12H2,1-3H3,(H,22,24)/t16-/m1/s1. The maximum Gasteiger partial charge on any atom is 0.244 e. The van der Waals surface area contributed by atoms with Crippen molar-refractivity contribution in [1.29, 1.82) is 0 Å². The van der Waals surface area contributed by atoms with Crippen LogP contribution in [-0.2, 0) is 21.4 Å². The van der Waals surface area contributed by atoms with Gasteiger partial charge in [0.1, 0.15) is 11.8 Å². The Morgan fingerprint density at radius 1 is 1.14 bits per heavy atom. The summed E-state index contributed by atoms with van der Waals surface area (Å²) in [7, 11) is -2.37. The molecule has 0 spiro atoms. The summed E-state index contributed by atoms with van der Waals surface area (Å²) in [5.74, 6) is -0.122. The zero-order valence-corrected chi connectivity index (χ0v) is 18.1. The molecule has 0 aromatic heterocycles. The first-order chi connectivity index (χ1) is 13.2. The van der Waals surface area contributed by atoms with Crippen molar-refractivity contribution in [2.24, 2.45) is 0 Å². The molecule has 0 heterocycles. The van der Waals surface area contributed by atoms with Crippen molar-refractivity contribution in [1.82, 2.24) is 5.32 Å². The van der Waals surface area contributed by atoms with Crippen molar-refractivity contribution in [2.75, 3.05) is 17.7 Å². The number of sulfonamides is 1. The second-order valence-electron chi connectivity index (χ2n) is 6.14. The number of carbonyl (C=O) groups is 1. The lowest BCUT2D eigenvalue weighted by Crippen LogP contribution is -2.49. The molecule has 0 radical (unpaired) electrons. The normalized spacial score (nSPS) is 12.3. The summed E-state index contributed by atoms with van der Waals surface area (Å²) in [5.41, 5.74) is 1.06. The first-order valence-corrected chi connectivity index (χ1v) is 11.1. The van der Waals surface area contributed by atoms with Crippen LogP contribution < -0.4 is 14.4 Å². The minimum Gasteiger partial charge on any atom is -0.495 e. The van der Waals surface area contributed by atoms with Crippen LogP contribution in [0, 0.1) is 0 Å². The topological polar surface area (TPSA) is 75.7 Å². The number of hydrogen-bond acceptors (Lipinski definition) is 4. The Morgan fingerprint density at radius 2 is 1.75 bits per heavy atom. The lowest BCUT2D eigenvalue weighted by Gasteiger charge is -2.31. The molecule has 1 N–H and O–H groups in total. The summed E-state index contributed by atoms with van der Waals surface area (Å²) in [5, 5.41) is 3.71. The highest BCUT2D eigenvalue weighted by molar-refractivity contribution is 7.92. The Labute approximate surface area is 175 Å². The van der Waals surface area contributed by atoms with Gasteiger partial charge in [0.25, 0.3) is 0 Å². The van der Waals surface area contributed by atoms with Crippen molar-refractivity contribution < 1.29 is 17.9 Å². The maximum absolute atomic E-state index is 12.8. The van der Waals surface area contributed by atoms with Gasteiger partial charge >= 0.3 is 0 Å². The van der Waals surface area contributed by atoms with E-state index in [1.165, 1.54) is 13.2 Å². The van der Waals surface area contributed by atoms with Gasteiger partial charge < -0.3 is 10.1 Å². The second-order valence-corrected chi connectivity index (χ2v) is 8.88. The van der Waals surface area contributed by atoms with Gasteiger partial charge in [0.2, 0.25) is 15.9 Å². The van der Waals surface area contributed by atoms with Crippen LogP contribution in [0.4, 0.5) is 5.69 Å². The average Bonchev–Trinajstić information content (AvgIpc) is 2.64. The van der Waals surface area contributed by atoms with Gasteiger partial charge in [0.15, 0.2) is 0 Å². The van der Waals surface area contributed by atoms with Gasteiger partial charge in [-0.25, -0.2) is 8.42 Å².